The lowest BCUT2D eigenvalue weighted by Crippen LogP contribution is -2.28. The minimum atomic E-state index is 0.00488. The van der Waals surface area contributed by atoms with Crippen LogP contribution >= 0.6 is 0 Å². The molecule has 1 amide bonds. The largest absolute Gasteiger partial charge is 0.497 e. The summed E-state index contributed by atoms with van der Waals surface area (Å²) in [6.07, 6.45) is 3.47. The highest BCUT2D eigenvalue weighted by molar-refractivity contribution is 6.01. The molecular weight excluding hydrogens is 390 g/mol. The molecule has 0 aliphatic carbocycles. The third-order valence-corrected chi connectivity index (χ3v) is 5.57. The number of carbonyl (C=O) groups excluding carboxylic acids is 1. The van der Waals surface area contributed by atoms with Gasteiger partial charge in [-0.1, -0.05) is 12.1 Å². The van der Waals surface area contributed by atoms with Crippen LogP contribution < -0.4 is 9.47 Å². The molecule has 0 atom stereocenters. The minimum absolute atomic E-state index is 0.00488. The molecule has 3 rings (SSSR count). The Labute approximate surface area is 184 Å². The van der Waals surface area contributed by atoms with E-state index in [2.05, 4.69) is 6.07 Å². The van der Waals surface area contributed by atoms with E-state index in [0.717, 1.165) is 50.3 Å². The molecule has 5 heteroatoms. The number of aryl methyl sites for hydroxylation is 1. The van der Waals surface area contributed by atoms with Crippen molar-refractivity contribution in [1.29, 1.82) is 0 Å². The number of benzene rings is 2. The number of nitrogens with zero attached hydrogens (tertiary/aromatic N) is 1. The lowest BCUT2D eigenvalue weighted by molar-refractivity contribution is -0.125. The summed E-state index contributed by atoms with van der Waals surface area (Å²) in [5.41, 5.74) is 5.52. The quantitative estimate of drug-likeness (QED) is 0.413. The van der Waals surface area contributed by atoms with Gasteiger partial charge in [-0.2, -0.15) is 0 Å². The lowest BCUT2D eigenvalue weighted by atomic mass is 9.96. The zero-order chi connectivity index (χ0) is 22.5. The maximum Gasteiger partial charge on any atom is 0.246 e. The molecule has 0 N–H and O–H groups in total. The third kappa shape index (κ3) is 4.46. The van der Waals surface area contributed by atoms with E-state index in [9.17, 15) is 4.79 Å². The Kier molecular flexibility index (Phi) is 7.06. The molecule has 2 aromatic carbocycles. The number of amides is 1. The van der Waals surface area contributed by atoms with E-state index < -0.39 is 0 Å². The Morgan fingerprint density at radius 3 is 2.39 bits per heavy atom. The molecule has 0 bridgehead atoms. The fraction of sp³-hybridized carbons (Fsp3) is 0.346. The molecule has 0 radical (unpaired) electrons. The van der Waals surface area contributed by atoms with Crippen LogP contribution in [0.1, 0.15) is 38.8 Å². The second-order valence-corrected chi connectivity index (χ2v) is 7.40. The van der Waals surface area contributed by atoms with Crippen molar-refractivity contribution in [3.05, 3.63) is 53.8 Å². The zero-order valence-electron chi connectivity index (χ0n) is 19.2. The summed E-state index contributed by atoms with van der Waals surface area (Å²) in [7, 11) is 1.65. The van der Waals surface area contributed by atoms with Crippen LogP contribution in [0.2, 0.25) is 0 Å². The molecule has 0 saturated heterocycles. The normalized spacial score (nSPS) is 11.6. The van der Waals surface area contributed by atoms with Gasteiger partial charge in [-0.15, -0.1) is 0 Å². The van der Waals surface area contributed by atoms with E-state index in [1.807, 2.05) is 58.9 Å². The van der Waals surface area contributed by atoms with Crippen LogP contribution in [-0.2, 0) is 4.79 Å². The molecule has 1 heterocycles. The first-order valence-electron chi connectivity index (χ1n) is 10.7. The molecule has 0 unspecified atom stereocenters. The average Bonchev–Trinajstić information content (AvgIpc) is 3.20. The average molecular weight is 422 g/mol. The summed E-state index contributed by atoms with van der Waals surface area (Å²) in [6.45, 7) is 11.8. The number of hydrogen-bond donors (Lipinski definition) is 0. The van der Waals surface area contributed by atoms with Gasteiger partial charge in [-0.05, 0) is 64.0 Å². The van der Waals surface area contributed by atoms with Crippen molar-refractivity contribution in [3.63, 3.8) is 0 Å². The van der Waals surface area contributed by atoms with E-state index in [-0.39, 0.29) is 5.91 Å². The molecule has 0 fully saturated rings. The van der Waals surface area contributed by atoms with Gasteiger partial charge >= 0.3 is 0 Å². The van der Waals surface area contributed by atoms with Crippen LogP contribution in [0.25, 0.3) is 27.7 Å². The van der Waals surface area contributed by atoms with Crippen LogP contribution in [0.4, 0.5) is 0 Å². The predicted molar refractivity (Wildman–Crippen MR) is 126 cm³/mol. The van der Waals surface area contributed by atoms with E-state index in [0.29, 0.717) is 19.7 Å². The maximum absolute atomic E-state index is 12.7. The van der Waals surface area contributed by atoms with Gasteiger partial charge in [0, 0.05) is 41.2 Å². The van der Waals surface area contributed by atoms with E-state index >= 15 is 0 Å². The monoisotopic (exact) mass is 421 g/mol. The minimum Gasteiger partial charge on any atom is -0.497 e. The molecule has 0 aliphatic rings. The Morgan fingerprint density at radius 1 is 1.13 bits per heavy atom. The number of hydrogen-bond acceptors (Lipinski definition) is 4. The number of fused-ring (bicyclic) bond motifs is 1. The van der Waals surface area contributed by atoms with Gasteiger partial charge in [-0.3, -0.25) is 4.79 Å². The van der Waals surface area contributed by atoms with Gasteiger partial charge in [0.2, 0.25) is 5.91 Å². The van der Waals surface area contributed by atoms with Crippen molar-refractivity contribution >= 4 is 22.4 Å². The number of likely N-dealkylation sites (N-methyl/N-ethyl adjacent to an activating group) is 1. The standard InChI is InChI=1S/C26H31NO4/c1-7-27(8-2)24(28)14-17(4)21-15-22-23(19-10-12-20(29-6)13-11-19)16-31-26(22)18(5)25(21)30-9-3/h10-16H,7-9H2,1-6H3/b17-14+. The van der Waals surface area contributed by atoms with Crippen LogP contribution in [-0.4, -0.2) is 37.6 Å². The maximum atomic E-state index is 12.7. The summed E-state index contributed by atoms with van der Waals surface area (Å²) >= 11 is 0. The smallest absolute Gasteiger partial charge is 0.246 e. The summed E-state index contributed by atoms with van der Waals surface area (Å²) in [5.74, 6) is 1.57. The highest BCUT2D eigenvalue weighted by Crippen LogP contribution is 2.41. The van der Waals surface area contributed by atoms with Crippen molar-refractivity contribution in [2.45, 2.75) is 34.6 Å². The van der Waals surface area contributed by atoms with Gasteiger partial charge in [-0.25, -0.2) is 0 Å². The summed E-state index contributed by atoms with van der Waals surface area (Å²) < 4.78 is 17.2. The number of allylic oxidation sites excluding steroid dienone is 1. The van der Waals surface area contributed by atoms with Crippen molar-refractivity contribution in [3.8, 4) is 22.6 Å². The number of furan rings is 1. The zero-order valence-corrected chi connectivity index (χ0v) is 19.2. The van der Waals surface area contributed by atoms with Crippen LogP contribution in [0.3, 0.4) is 0 Å². The number of ether oxygens (including phenoxy) is 2. The van der Waals surface area contributed by atoms with E-state index in [4.69, 9.17) is 13.9 Å². The first-order chi connectivity index (χ1) is 14.9. The van der Waals surface area contributed by atoms with Crippen molar-refractivity contribution in [2.75, 3.05) is 26.8 Å². The second-order valence-electron chi connectivity index (χ2n) is 7.40. The van der Waals surface area contributed by atoms with Gasteiger partial charge < -0.3 is 18.8 Å². The van der Waals surface area contributed by atoms with Crippen molar-refractivity contribution in [2.24, 2.45) is 0 Å². The molecule has 31 heavy (non-hydrogen) atoms. The SMILES string of the molecule is CCOc1c(/C(C)=C/C(=O)N(CC)CC)cc2c(-c3ccc(OC)cc3)coc2c1C. The summed E-state index contributed by atoms with van der Waals surface area (Å²) in [4.78, 5) is 14.5. The summed E-state index contributed by atoms with van der Waals surface area (Å²) in [5, 5.41) is 0.990. The highest BCUT2D eigenvalue weighted by Gasteiger charge is 2.19. The van der Waals surface area contributed by atoms with Crippen LogP contribution in [0.15, 0.2) is 47.1 Å². The molecule has 0 aliphatic heterocycles. The lowest BCUT2D eigenvalue weighted by Gasteiger charge is -2.18. The predicted octanol–water partition coefficient (Wildman–Crippen LogP) is 6.09. The first-order valence-corrected chi connectivity index (χ1v) is 10.7. The molecule has 0 saturated carbocycles. The molecule has 5 nitrogen and oxygen atoms in total. The van der Waals surface area contributed by atoms with Crippen LogP contribution in [0.5, 0.6) is 11.5 Å². The molecule has 0 spiro atoms. The number of rotatable bonds is 8. The molecule has 164 valence electrons. The number of methoxy groups -OCH3 is 1. The van der Waals surface area contributed by atoms with Gasteiger partial charge in [0.05, 0.1) is 20.0 Å². The van der Waals surface area contributed by atoms with Crippen molar-refractivity contribution in [1.82, 2.24) is 4.90 Å². The Balaban J connectivity index is 2.17. The number of carbonyl (C=O) groups is 1. The highest BCUT2D eigenvalue weighted by atomic mass is 16.5. The Hall–Kier alpha value is -3.21. The second kappa shape index (κ2) is 9.73. The van der Waals surface area contributed by atoms with Gasteiger partial charge in [0.25, 0.3) is 0 Å². The Morgan fingerprint density at radius 2 is 1.81 bits per heavy atom. The van der Waals surface area contributed by atoms with Crippen molar-refractivity contribution < 1.29 is 18.7 Å². The fourth-order valence-electron chi connectivity index (χ4n) is 3.82. The Bertz CT molecular complexity index is 1090. The summed E-state index contributed by atoms with van der Waals surface area (Å²) in [6, 6.07) is 9.97. The fourth-order valence-corrected chi connectivity index (χ4v) is 3.82. The topological polar surface area (TPSA) is 51.9 Å². The molecule has 1 aromatic heterocycles. The van der Waals surface area contributed by atoms with E-state index in [1.165, 1.54) is 0 Å². The van der Waals surface area contributed by atoms with Crippen LogP contribution in [0, 0.1) is 6.92 Å². The molecule has 3 aromatic rings. The third-order valence-electron chi connectivity index (χ3n) is 5.57. The molecular formula is C26H31NO4. The van der Waals surface area contributed by atoms with Gasteiger partial charge in [0.1, 0.15) is 17.1 Å². The van der Waals surface area contributed by atoms with Gasteiger partial charge in [0.15, 0.2) is 0 Å². The first kappa shape index (κ1) is 22.5. The van der Waals surface area contributed by atoms with E-state index in [1.54, 1.807) is 24.3 Å².